The average molecular weight is 322 g/mol. The van der Waals surface area contributed by atoms with Crippen LogP contribution in [0.1, 0.15) is 33.4 Å². The van der Waals surface area contributed by atoms with E-state index in [4.69, 9.17) is 9.15 Å². The number of hydrogen-bond acceptors (Lipinski definition) is 3. The zero-order valence-corrected chi connectivity index (χ0v) is 14.8. The second-order valence-corrected chi connectivity index (χ2v) is 6.49. The van der Waals surface area contributed by atoms with Gasteiger partial charge in [-0.25, -0.2) is 4.79 Å². The van der Waals surface area contributed by atoms with Crippen LogP contribution in [0.15, 0.2) is 39.5 Å². The average Bonchev–Trinajstić information content (AvgIpc) is 2.53. The Morgan fingerprint density at radius 2 is 1.67 bits per heavy atom. The van der Waals surface area contributed by atoms with Gasteiger partial charge in [0, 0.05) is 5.56 Å². The molecule has 3 rings (SSSR count). The Kier molecular flexibility index (Phi) is 4.18. The lowest BCUT2D eigenvalue weighted by molar-refractivity contribution is 0.308. The highest BCUT2D eigenvalue weighted by Crippen LogP contribution is 2.31. The molecule has 2 aromatic carbocycles. The van der Waals surface area contributed by atoms with Gasteiger partial charge in [-0.2, -0.15) is 0 Å². The Balaban J connectivity index is 2.07. The van der Waals surface area contributed by atoms with E-state index in [0.29, 0.717) is 17.8 Å². The van der Waals surface area contributed by atoms with E-state index in [1.54, 1.807) is 6.92 Å². The van der Waals surface area contributed by atoms with Gasteiger partial charge in [-0.05, 0) is 69.0 Å². The molecule has 0 bridgehead atoms. The lowest BCUT2D eigenvalue weighted by Crippen LogP contribution is -2.07. The summed E-state index contributed by atoms with van der Waals surface area (Å²) in [6.45, 7) is 10.3. The highest BCUT2D eigenvalue weighted by Gasteiger charge is 2.14. The first kappa shape index (κ1) is 16.3. The Bertz CT molecular complexity index is 981. The van der Waals surface area contributed by atoms with Crippen molar-refractivity contribution in [1.29, 1.82) is 0 Å². The monoisotopic (exact) mass is 322 g/mol. The van der Waals surface area contributed by atoms with Crippen molar-refractivity contribution in [3.63, 3.8) is 0 Å². The third-order valence-electron chi connectivity index (χ3n) is 4.54. The van der Waals surface area contributed by atoms with E-state index < -0.39 is 0 Å². The summed E-state index contributed by atoms with van der Waals surface area (Å²) in [4.78, 5) is 11.9. The minimum atomic E-state index is -0.286. The smallest absolute Gasteiger partial charge is 0.339 e. The number of aryl methyl sites for hydroxylation is 4. The molecular formula is C21H22O3. The Hall–Kier alpha value is -2.55. The molecule has 1 heterocycles. The molecule has 0 spiro atoms. The lowest BCUT2D eigenvalue weighted by Gasteiger charge is -2.14. The molecule has 0 saturated carbocycles. The summed E-state index contributed by atoms with van der Waals surface area (Å²) in [5.74, 6) is 0.759. The zero-order valence-electron chi connectivity index (χ0n) is 14.8. The summed E-state index contributed by atoms with van der Waals surface area (Å²) in [7, 11) is 0. The summed E-state index contributed by atoms with van der Waals surface area (Å²) < 4.78 is 11.6. The second-order valence-electron chi connectivity index (χ2n) is 6.49. The van der Waals surface area contributed by atoms with Crippen molar-refractivity contribution in [2.45, 2.75) is 41.2 Å². The molecule has 0 N–H and O–H groups in total. The molecule has 0 aliphatic rings. The molecule has 3 aromatic rings. The maximum Gasteiger partial charge on any atom is 0.339 e. The predicted octanol–water partition coefficient (Wildman–Crippen LogP) is 4.91. The van der Waals surface area contributed by atoms with E-state index >= 15 is 0 Å². The van der Waals surface area contributed by atoms with Crippen molar-refractivity contribution >= 4 is 11.0 Å². The fraction of sp³-hybridized carbons (Fsp3) is 0.286. The summed E-state index contributed by atoms with van der Waals surface area (Å²) in [6.07, 6.45) is 0. The van der Waals surface area contributed by atoms with Gasteiger partial charge in [0.05, 0.1) is 5.39 Å². The van der Waals surface area contributed by atoms with Crippen LogP contribution < -0.4 is 10.4 Å². The first-order valence-electron chi connectivity index (χ1n) is 8.10. The summed E-state index contributed by atoms with van der Waals surface area (Å²) in [5.41, 5.74) is 6.43. The maximum atomic E-state index is 11.9. The normalized spacial score (nSPS) is 11.0. The molecule has 3 heteroatoms. The second kappa shape index (κ2) is 6.16. The van der Waals surface area contributed by atoms with Gasteiger partial charge in [0.15, 0.2) is 0 Å². The largest absolute Gasteiger partial charge is 0.488 e. The highest BCUT2D eigenvalue weighted by molar-refractivity contribution is 5.88. The summed E-state index contributed by atoms with van der Waals surface area (Å²) in [6, 6.07) is 10.2. The molecule has 124 valence electrons. The van der Waals surface area contributed by atoms with Crippen LogP contribution in [-0.4, -0.2) is 0 Å². The number of hydrogen-bond donors (Lipinski definition) is 0. The predicted molar refractivity (Wildman–Crippen MR) is 96.9 cm³/mol. The SMILES string of the molecule is Cc1ccc(C)c(COc2cc(C)cc3oc(=O)c(C)c(C)c23)c1. The highest BCUT2D eigenvalue weighted by atomic mass is 16.5. The zero-order chi connectivity index (χ0) is 17.4. The van der Waals surface area contributed by atoms with Gasteiger partial charge in [0.25, 0.3) is 0 Å². The lowest BCUT2D eigenvalue weighted by atomic mass is 10.0. The summed E-state index contributed by atoms with van der Waals surface area (Å²) in [5, 5.41) is 0.878. The van der Waals surface area contributed by atoms with E-state index in [1.807, 2.05) is 26.0 Å². The van der Waals surface area contributed by atoms with Crippen LogP contribution in [0.25, 0.3) is 11.0 Å². The van der Waals surface area contributed by atoms with Gasteiger partial charge in [0.2, 0.25) is 0 Å². The number of rotatable bonds is 3. The van der Waals surface area contributed by atoms with E-state index in [9.17, 15) is 4.79 Å². The minimum Gasteiger partial charge on any atom is -0.488 e. The van der Waals surface area contributed by atoms with Crippen LogP contribution in [0, 0.1) is 34.6 Å². The van der Waals surface area contributed by atoms with Crippen LogP contribution in [-0.2, 0) is 6.61 Å². The fourth-order valence-corrected chi connectivity index (χ4v) is 2.91. The molecule has 3 nitrogen and oxygen atoms in total. The van der Waals surface area contributed by atoms with Crippen molar-refractivity contribution < 1.29 is 9.15 Å². The Morgan fingerprint density at radius 1 is 0.917 bits per heavy atom. The number of benzene rings is 2. The molecule has 0 saturated heterocycles. The molecule has 0 atom stereocenters. The van der Waals surface area contributed by atoms with Crippen LogP contribution in [0.2, 0.25) is 0 Å². The van der Waals surface area contributed by atoms with Crippen molar-refractivity contribution in [2.24, 2.45) is 0 Å². The topological polar surface area (TPSA) is 39.4 Å². The molecule has 1 aromatic heterocycles. The third-order valence-corrected chi connectivity index (χ3v) is 4.54. The van der Waals surface area contributed by atoms with Crippen molar-refractivity contribution in [3.8, 4) is 5.75 Å². The fourth-order valence-electron chi connectivity index (χ4n) is 2.91. The van der Waals surface area contributed by atoms with Crippen LogP contribution >= 0.6 is 0 Å². The quantitative estimate of drug-likeness (QED) is 0.643. The van der Waals surface area contributed by atoms with Gasteiger partial charge in [-0.1, -0.05) is 23.8 Å². The Morgan fingerprint density at radius 3 is 2.42 bits per heavy atom. The van der Waals surface area contributed by atoms with Gasteiger partial charge in [-0.15, -0.1) is 0 Å². The van der Waals surface area contributed by atoms with Crippen LogP contribution in [0.5, 0.6) is 5.75 Å². The number of ether oxygens (including phenoxy) is 1. The van der Waals surface area contributed by atoms with E-state index in [2.05, 4.69) is 32.0 Å². The standard InChI is InChI=1S/C21H22O3/c1-12-6-7-14(3)17(8-12)11-23-18-9-13(2)10-19-20(18)15(4)16(5)21(22)24-19/h6-10H,11H2,1-5H3. The van der Waals surface area contributed by atoms with Crippen molar-refractivity contribution in [2.75, 3.05) is 0 Å². The van der Waals surface area contributed by atoms with Gasteiger partial charge in [-0.3, -0.25) is 0 Å². The van der Waals surface area contributed by atoms with E-state index in [-0.39, 0.29) is 5.63 Å². The molecule has 0 amide bonds. The summed E-state index contributed by atoms with van der Waals surface area (Å²) >= 11 is 0. The van der Waals surface area contributed by atoms with Gasteiger partial charge in [0.1, 0.15) is 17.9 Å². The first-order chi connectivity index (χ1) is 11.4. The van der Waals surface area contributed by atoms with Gasteiger partial charge >= 0.3 is 5.63 Å². The molecule has 0 aliphatic heterocycles. The van der Waals surface area contributed by atoms with Crippen LogP contribution in [0.4, 0.5) is 0 Å². The maximum absolute atomic E-state index is 11.9. The molecule has 24 heavy (non-hydrogen) atoms. The number of fused-ring (bicyclic) bond motifs is 1. The van der Waals surface area contributed by atoms with E-state index in [1.165, 1.54) is 11.1 Å². The third kappa shape index (κ3) is 2.94. The molecular weight excluding hydrogens is 300 g/mol. The van der Waals surface area contributed by atoms with Crippen LogP contribution in [0.3, 0.4) is 0 Å². The minimum absolute atomic E-state index is 0.286. The van der Waals surface area contributed by atoms with Crippen molar-refractivity contribution in [1.82, 2.24) is 0 Å². The molecule has 0 unspecified atom stereocenters. The van der Waals surface area contributed by atoms with Crippen molar-refractivity contribution in [3.05, 3.63) is 74.1 Å². The molecule has 0 aliphatic carbocycles. The molecule has 0 radical (unpaired) electrons. The van der Waals surface area contributed by atoms with Gasteiger partial charge < -0.3 is 9.15 Å². The first-order valence-corrected chi connectivity index (χ1v) is 8.10. The van der Waals surface area contributed by atoms with E-state index in [0.717, 1.165) is 27.8 Å². The Labute approximate surface area is 141 Å². The molecule has 0 fully saturated rings.